The molecule has 0 radical (unpaired) electrons. The molecule has 0 rings (SSSR count). The number of hydrogen-bond donors (Lipinski definition) is 0. The molecule has 0 amide bonds. The molecule has 0 heteroatoms. The van der Waals surface area contributed by atoms with Gasteiger partial charge in [-0.2, -0.15) is 0 Å². The van der Waals surface area contributed by atoms with Gasteiger partial charge in [-0.15, -0.1) is 0 Å². The molecule has 0 aromatic carbocycles. The van der Waals surface area contributed by atoms with Crippen LogP contribution < -0.4 is 0 Å². The fraction of sp³-hybridized carbons (Fsp3) is 1.00. The average molecular weight is 577 g/mol. The molecule has 41 heavy (non-hydrogen) atoms. The SMILES string of the molecule is CCCCCCCCCCCCCCCCCCCCCCC(C)CCCC(C)CCCCCCCCCCCC. The summed E-state index contributed by atoms with van der Waals surface area (Å²) in [4.78, 5) is 0. The van der Waals surface area contributed by atoms with Crippen LogP contribution in [0.1, 0.15) is 252 Å². The first-order valence-electron chi connectivity index (χ1n) is 20.2. The number of unbranched alkanes of at least 4 members (excludes halogenated alkanes) is 28. The van der Waals surface area contributed by atoms with Crippen LogP contribution in [-0.4, -0.2) is 0 Å². The quantitative estimate of drug-likeness (QED) is 0.0651. The summed E-state index contributed by atoms with van der Waals surface area (Å²) < 4.78 is 0. The summed E-state index contributed by atoms with van der Waals surface area (Å²) in [5.41, 5.74) is 0. The fourth-order valence-corrected chi connectivity index (χ4v) is 6.83. The van der Waals surface area contributed by atoms with Crippen LogP contribution >= 0.6 is 0 Å². The molecule has 0 saturated carbocycles. The zero-order valence-corrected chi connectivity index (χ0v) is 29.9. The van der Waals surface area contributed by atoms with E-state index in [0.29, 0.717) is 0 Å². The van der Waals surface area contributed by atoms with Crippen LogP contribution in [0.5, 0.6) is 0 Å². The third kappa shape index (κ3) is 36.1. The normalized spacial score (nSPS) is 13.2. The van der Waals surface area contributed by atoms with Crippen molar-refractivity contribution >= 4 is 0 Å². The number of rotatable bonds is 36. The highest BCUT2D eigenvalue weighted by Crippen LogP contribution is 2.22. The molecule has 0 saturated heterocycles. The zero-order valence-electron chi connectivity index (χ0n) is 29.9. The average Bonchev–Trinajstić information content (AvgIpc) is 2.97. The maximum atomic E-state index is 2.52. The molecule has 0 spiro atoms. The summed E-state index contributed by atoms with van der Waals surface area (Å²) in [6.45, 7) is 9.65. The Balaban J connectivity index is 3.23. The van der Waals surface area contributed by atoms with Gasteiger partial charge in [0.15, 0.2) is 0 Å². The van der Waals surface area contributed by atoms with Crippen LogP contribution in [-0.2, 0) is 0 Å². The molecule has 2 atom stereocenters. The number of hydrogen-bond acceptors (Lipinski definition) is 0. The van der Waals surface area contributed by atoms with Gasteiger partial charge in [0.2, 0.25) is 0 Å². The smallest absolute Gasteiger partial charge is 0.0443 e. The molecule has 248 valence electrons. The molecule has 0 aromatic rings. The summed E-state index contributed by atoms with van der Waals surface area (Å²) in [7, 11) is 0. The van der Waals surface area contributed by atoms with Gasteiger partial charge in [-0.05, 0) is 11.8 Å². The van der Waals surface area contributed by atoms with Gasteiger partial charge in [0.1, 0.15) is 0 Å². The second kappa shape index (κ2) is 36.2. The monoisotopic (exact) mass is 577 g/mol. The van der Waals surface area contributed by atoms with E-state index in [9.17, 15) is 0 Å². The highest BCUT2D eigenvalue weighted by molar-refractivity contribution is 4.60. The van der Waals surface area contributed by atoms with E-state index >= 15 is 0 Å². The van der Waals surface area contributed by atoms with Gasteiger partial charge >= 0.3 is 0 Å². The maximum Gasteiger partial charge on any atom is -0.0443 e. The van der Waals surface area contributed by atoms with Crippen molar-refractivity contribution in [2.45, 2.75) is 252 Å². The first kappa shape index (κ1) is 41.0. The molecular formula is C41H84. The lowest BCUT2D eigenvalue weighted by atomic mass is 9.92. The second-order valence-electron chi connectivity index (χ2n) is 14.6. The Kier molecular flexibility index (Phi) is 36.2. The third-order valence-corrected chi connectivity index (χ3v) is 9.99. The standard InChI is InChI=1S/C41H84/c1-5-7-9-11-13-15-17-18-19-20-21-22-23-24-25-26-28-30-32-34-37-41(4)39-35-38-40(3)36-33-31-29-27-16-14-12-10-8-6-2/h40-41H,5-39H2,1-4H3. The van der Waals surface area contributed by atoms with Gasteiger partial charge in [0.05, 0.1) is 0 Å². The molecular weight excluding hydrogens is 492 g/mol. The van der Waals surface area contributed by atoms with Crippen LogP contribution in [0.15, 0.2) is 0 Å². The molecule has 0 fully saturated rings. The maximum absolute atomic E-state index is 2.52. The van der Waals surface area contributed by atoms with Crippen molar-refractivity contribution in [1.29, 1.82) is 0 Å². The van der Waals surface area contributed by atoms with Gasteiger partial charge in [-0.25, -0.2) is 0 Å². The Bertz CT molecular complexity index is 439. The van der Waals surface area contributed by atoms with Gasteiger partial charge < -0.3 is 0 Å². The molecule has 0 aliphatic carbocycles. The largest absolute Gasteiger partial charge is 0.0654 e. The van der Waals surface area contributed by atoms with E-state index < -0.39 is 0 Å². The van der Waals surface area contributed by atoms with Gasteiger partial charge in [-0.3, -0.25) is 0 Å². The van der Waals surface area contributed by atoms with Gasteiger partial charge in [0, 0.05) is 0 Å². The molecule has 0 aliphatic heterocycles. The second-order valence-corrected chi connectivity index (χ2v) is 14.6. The molecule has 0 heterocycles. The Morgan fingerprint density at radius 2 is 0.390 bits per heavy atom. The summed E-state index contributed by atoms with van der Waals surface area (Å²) in [5, 5.41) is 0. The summed E-state index contributed by atoms with van der Waals surface area (Å²) in [5.74, 6) is 1.91. The third-order valence-electron chi connectivity index (χ3n) is 9.99. The van der Waals surface area contributed by atoms with E-state index in [2.05, 4.69) is 27.7 Å². The summed E-state index contributed by atoms with van der Waals surface area (Å²) in [6.07, 6.45) is 51.6. The lowest BCUT2D eigenvalue weighted by Gasteiger charge is -2.14. The molecule has 0 aromatic heterocycles. The first-order valence-corrected chi connectivity index (χ1v) is 20.2. The zero-order chi connectivity index (χ0) is 29.9. The van der Waals surface area contributed by atoms with E-state index in [1.165, 1.54) is 225 Å². The first-order chi connectivity index (χ1) is 20.2. The van der Waals surface area contributed by atoms with E-state index in [-0.39, 0.29) is 0 Å². The Hall–Kier alpha value is 0. The van der Waals surface area contributed by atoms with Crippen LogP contribution in [0.3, 0.4) is 0 Å². The van der Waals surface area contributed by atoms with Crippen molar-refractivity contribution in [1.82, 2.24) is 0 Å². The predicted octanol–water partition coefficient (Wildman–Crippen LogP) is 16.0. The van der Waals surface area contributed by atoms with Crippen LogP contribution in [0, 0.1) is 11.8 Å². The highest BCUT2D eigenvalue weighted by Gasteiger charge is 2.06. The summed E-state index contributed by atoms with van der Waals surface area (Å²) >= 11 is 0. The van der Waals surface area contributed by atoms with E-state index in [1.807, 2.05) is 0 Å². The van der Waals surface area contributed by atoms with E-state index in [1.54, 1.807) is 0 Å². The molecule has 0 bridgehead atoms. The minimum Gasteiger partial charge on any atom is -0.0654 e. The molecule has 0 nitrogen and oxygen atoms in total. The molecule has 0 aliphatic rings. The van der Waals surface area contributed by atoms with E-state index in [0.717, 1.165) is 11.8 Å². The minimum atomic E-state index is 0.954. The Morgan fingerprint density at radius 1 is 0.220 bits per heavy atom. The van der Waals surface area contributed by atoms with Crippen molar-refractivity contribution in [3.63, 3.8) is 0 Å². The predicted molar refractivity (Wildman–Crippen MR) is 191 cm³/mol. The molecule has 0 N–H and O–H groups in total. The lowest BCUT2D eigenvalue weighted by Crippen LogP contribution is -1.99. The van der Waals surface area contributed by atoms with Crippen molar-refractivity contribution in [2.24, 2.45) is 11.8 Å². The van der Waals surface area contributed by atoms with Gasteiger partial charge in [0.25, 0.3) is 0 Å². The van der Waals surface area contributed by atoms with Crippen LogP contribution in [0.4, 0.5) is 0 Å². The van der Waals surface area contributed by atoms with Crippen LogP contribution in [0.2, 0.25) is 0 Å². The van der Waals surface area contributed by atoms with E-state index in [4.69, 9.17) is 0 Å². The van der Waals surface area contributed by atoms with Crippen molar-refractivity contribution in [2.75, 3.05) is 0 Å². The topological polar surface area (TPSA) is 0 Å². The Morgan fingerprint density at radius 3 is 0.610 bits per heavy atom. The van der Waals surface area contributed by atoms with Crippen molar-refractivity contribution in [3.05, 3.63) is 0 Å². The summed E-state index contributed by atoms with van der Waals surface area (Å²) in [6, 6.07) is 0. The van der Waals surface area contributed by atoms with Crippen molar-refractivity contribution < 1.29 is 0 Å². The Labute approximate surface area is 263 Å². The lowest BCUT2D eigenvalue weighted by molar-refractivity contribution is 0.390. The minimum absolute atomic E-state index is 0.954. The van der Waals surface area contributed by atoms with Crippen molar-refractivity contribution in [3.8, 4) is 0 Å². The fourth-order valence-electron chi connectivity index (χ4n) is 6.83. The molecule has 2 unspecified atom stereocenters. The van der Waals surface area contributed by atoms with Crippen LogP contribution in [0.25, 0.3) is 0 Å². The highest BCUT2D eigenvalue weighted by atomic mass is 14.1. The van der Waals surface area contributed by atoms with Gasteiger partial charge in [-0.1, -0.05) is 252 Å².